The van der Waals surface area contributed by atoms with Crippen molar-refractivity contribution in [3.63, 3.8) is 0 Å². The van der Waals surface area contributed by atoms with Gasteiger partial charge in [0.05, 0.1) is 18.0 Å². The zero-order chi connectivity index (χ0) is 13.6. The third-order valence-electron chi connectivity index (χ3n) is 3.68. The SMILES string of the molecule is CCCC1(C(=O)N(CCC#N)C(C)C)CCCN1. The molecule has 4 nitrogen and oxygen atoms in total. The third kappa shape index (κ3) is 3.23. The lowest BCUT2D eigenvalue weighted by atomic mass is 9.89. The van der Waals surface area contributed by atoms with Crippen molar-refractivity contribution >= 4 is 5.91 Å². The molecule has 1 heterocycles. The second kappa shape index (κ2) is 6.75. The van der Waals surface area contributed by atoms with E-state index in [0.29, 0.717) is 13.0 Å². The Bertz CT molecular complexity index is 313. The van der Waals surface area contributed by atoms with E-state index >= 15 is 0 Å². The summed E-state index contributed by atoms with van der Waals surface area (Å²) in [6.45, 7) is 7.62. The summed E-state index contributed by atoms with van der Waals surface area (Å²) in [6.07, 6.45) is 4.29. The molecule has 1 aliphatic rings. The van der Waals surface area contributed by atoms with Crippen LogP contribution in [0.25, 0.3) is 0 Å². The van der Waals surface area contributed by atoms with Crippen LogP contribution in [0.1, 0.15) is 52.9 Å². The number of nitriles is 1. The molecule has 1 N–H and O–H groups in total. The predicted octanol–water partition coefficient (Wildman–Crippen LogP) is 2.06. The topological polar surface area (TPSA) is 56.1 Å². The minimum absolute atomic E-state index is 0.155. The van der Waals surface area contributed by atoms with E-state index in [1.165, 1.54) is 0 Å². The lowest BCUT2D eigenvalue weighted by molar-refractivity contribution is -0.140. The molecule has 18 heavy (non-hydrogen) atoms. The summed E-state index contributed by atoms with van der Waals surface area (Å²) in [4.78, 5) is 14.6. The van der Waals surface area contributed by atoms with Crippen LogP contribution in [0.5, 0.6) is 0 Å². The smallest absolute Gasteiger partial charge is 0.243 e. The summed E-state index contributed by atoms with van der Waals surface area (Å²) >= 11 is 0. The molecule has 1 fully saturated rings. The maximum absolute atomic E-state index is 12.8. The van der Waals surface area contributed by atoms with E-state index in [1.807, 2.05) is 18.7 Å². The zero-order valence-corrected chi connectivity index (χ0v) is 11.8. The number of nitrogens with one attached hydrogen (secondary N) is 1. The minimum Gasteiger partial charge on any atom is -0.338 e. The molecule has 1 aliphatic heterocycles. The van der Waals surface area contributed by atoms with Gasteiger partial charge in [-0.3, -0.25) is 4.79 Å². The van der Waals surface area contributed by atoms with Crippen LogP contribution in [-0.2, 0) is 4.79 Å². The van der Waals surface area contributed by atoms with Gasteiger partial charge in [-0.25, -0.2) is 0 Å². The average molecular weight is 251 g/mol. The van der Waals surface area contributed by atoms with Gasteiger partial charge in [-0.1, -0.05) is 13.3 Å². The highest BCUT2D eigenvalue weighted by atomic mass is 16.2. The van der Waals surface area contributed by atoms with Gasteiger partial charge in [0, 0.05) is 12.6 Å². The predicted molar refractivity (Wildman–Crippen MR) is 72.0 cm³/mol. The van der Waals surface area contributed by atoms with Crippen LogP contribution in [0.15, 0.2) is 0 Å². The third-order valence-corrected chi connectivity index (χ3v) is 3.68. The fraction of sp³-hybridized carbons (Fsp3) is 0.857. The normalized spacial score (nSPS) is 23.1. The van der Waals surface area contributed by atoms with Gasteiger partial charge in [-0.15, -0.1) is 0 Å². The Hall–Kier alpha value is -1.08. The Labute approximate surface area is 110 Å². The molecule has 0 radical (unpaired) electrons. The fourth-order valence-corrected chi connectivity index (χ4v) is 2.78. The second-order valence-electron chi connectivity index (χ2n) is 5.36. The molecule has 4 heteroatoms. The summed E-state index contributed by atoms with van der Waals surface area (Å²) in [6, 6.07) is 2.28. The largest absolute Gasteiger partial charge is 0.338 e. The molecule has 0 aliphatic carbocycles. The Kier molecular flexibility index (Phi) is 5.61. The Balaban J connectivity index is 2.82. The number of carbonyl (C=O) groups excluding carboxylic acids is 1. The molecular formula is C14H25N3O. The minimum atomic E-state index is -0.367. The van der Waals surface area contributed by atoms with Crippen LogP contribution in [0.3, 0.4) is 0 Å². The van der Waals surface area contributed by atoms with Crippen LogP contribution in [0, 0.1) is 11.3 Å². The van der Waals surface area contributed by atoms with Gasteiger partial charge < -0.3 is 10.2 Å². The maximum Gasteiger partial charge on any atom is 0.243 e. The second-order valence-corrected chi connectivity index (χ2v) is 5.36. The molecule has 0 aromatic rings. The first-order chi connectivity index (χ1) is 8.57. The van der Waals surface area contributed by atoms with Gasteiger partial charge >= 0.3 is 0 Å². The van der Waals surface area contributed by atoms with Gasteiger partial charge in [0.15, 0.2) is 0 Å². The quantitative estimate of drug-likeness (QED) is 0.786. The van der Waals surface area contributed by atoms with Crippen LogP contribution in [0.4, 0.5) is 0 Å². The molecule has 0 saturated carbocycles. The molecule has 1 atom stereocenters. The molecule has 0 bridgehead atoms. The van der Waals surface area contributed by atoms with E-state index in [0.717, 1.165) is 32.2 Å². The van der Waals surface area contributed by atoms with E-state index in [2.05, 4.69) is 18.3 Å². The number of amides is 1. The standard InChI is InChI=1S/C14H25N3O/c1-4-7-14(8-5-10-16-14)13(18)17(12(2)3)11-6-9-15/h12,16H,4-8,10-11H2,1-3H3. The summed E-state index contributed by atoms with van der Waals surface area (Å²) in [5.41, 5.74) is -0.367. The number of nitrogens with zero attached hydrogens (tertiary/aromatic N) is 2. The van der Waals surface area contributed by atoms with E-state index in [-0.39, 0.29) is 17.5 Å². The molecule has 0 spiro atoms. The van der Waals surface area contributed by atoms with Crippen molar-refractivity contribution in [2.75, 3.05) is 13.1 Å². The Morgan fingerprint density at radius 3 is 2.72 bits per heavy atom. The molecular weight excluding hydrogens is 226 g/mol. The fourth-order valence-electron chi connectivity index (χ4n) is 2.78. The van der Waals surface area contributed by atoms with Crippen LogP contribution in [-0.4, -0.2) is 35.5 Å². The molecule has 0 aromatic carbocycles. The Morgan fingerprint density at radius 1 is 1.56 bits per heavy atom. The highest BCUT2D eigenvalue weighted by molar-refractivity contribution is 5.87. The Morgan fingerprint density at radius 2 is 2.28 bits per heavy atom. The van der Waals surface area contributed by atoms with Crippen LogP contribution >= 0.6 is 0 Å². The van der Waals surface area contributed by atoms with Gasteiger partial charge in [0.2, 0.25) is 5.91 Å². The van der Waals surface area contributed by atoms with Gasteiger partial charge in [-0.05, 0) is 39.7 Å². The van der Waals surface area contributed by atoms with Crippen molar-refractivity contribution in [3.05, 3.63) is 0 Å². The van der Waals surface area contributed by atoms with E-state index in [4.69, 9.17) is 5.26 Å². The first-order valence-electron chi connectivity index (χ1n) is 7.00. The van der Waals surface area contributed by atoms with E-state index in [9.17, 15) is 4.79 Å². The van der Waals surface area contributed by atoms with Gasteiger partial charge in [0.25, 0.3) is 0 Å². The first-order valence-corrected chi connectivity index (χ1v) is 7.00. The first kappa shape index (κ1) is 15.0. The van der Waals surface area contributed by atoms with Crippen molar-refractivity contribution < 1.29 is 4.79 Å². The van der Waals surface area contributed by atoms with Crippen molar-refractivity contribution in [3.8, 4) is 6.07 Å². The molecule has 1 saturated heterocycles. The highest BCUT2D eigenvalue weighted by Gasteiger charge is 2.42. The molecule has 102 valence electrons. The number of rotatable bonds is 6. The lowest BCUT2D eigenvalue weighted by Gasteiger charge is -2.36. The molecule has 1 rings (SSSR count). The summed E-state index contributed by atoms with van der Waals surface area (Å²) in [5.74, 6) is 0.187. The van der Waals surface area contributed by atoms with Gasteiger partial charge in [0.1, 0.15) is 0 Å². The monoisotopic (exact) mass is 251 g/mol. The van der Waals surface area contributed by atoms with Crippen molar-refractivity contribution in [2.45, 2.75) is 64.5 Å². The number of hydrogen-bond acceptors (Lipinski definition) is 3. The maximum atomic E-state index is 12.8. The van der Waals surface area contributed by atoms with E-state index < -0.39 is 0 Å². The summed E-state index contributed by atoms with van der Waals surface area (Å²) in [5, 5.41) is 12.1. The van der Waals surface area contributed by atoms with Crippen molar-refractivity contribution in [1.29, 1.82) is 5.26 Å². The molecule has 1 amide bonds. The lowest BCUT2D eigenvalue weighted by Crippen LogP contribution is -2.56. The summed E-state index contributed by atoms with van der Waals surface area (Å²) < 4.78 is 0. The van der Waals surface area contributed by atoms with Crippen molar-refractivity contribution in [1.82, 2.24) is 10.2 Å². The molecule has 1 unspecified atom stereocenters. The van der Waals surface area contributed by atoms with Crippen LogP contribution in [0.2, 0.25) is 0 Å². The average Bonchev–Trinajstić information content (AvgIpc) is 2.79. The van der Waals surface area contributed by atoms with Crippen molar-refractivity contribution in [2.24, 2.45) is 0 Å². The highest BCUT2D eigenvalue weighted by Crippen LogP contribution is 2.28. The number of hydrogen-bond donors (Lipinski definition) is 1. The summed E-state index contributed by atoms with van der Waals surface area (Å²) in [7, 11) is 0. The van der Waals surface area contributed by atoms with E-state index in [1.54, 1.807) is 0 Å². The van der Waals surface area contributed by atoms with Gasteiger partial charge in [-0.2, -0.15) is 5.26 Å². The van der Waals surface area contributed by atoms with Crippen LogP contribution < -0.4 is 5.32 Å². The zero-order valence-electron chi connectivity index (χ0n) is 11.8. The number of carbonyl (C=O) groups is 1. The molecule has 0 aromatic heterocycles.